The van der Waals surface area contributed by atoms with Crippen LogP contribution in [0.25, 0.3) is 16.3 Å². The van der Waals surface area contributed by atoms with Crippen LogP contribution in [0.2, 0.25) is 0 Å². The maximum absolute atomic E-state index is 13.4. The quantitative estimate of drug-likeness (QED) is 0.309. The Morgan fingerprint density at radius 2 is 1.86 bits per heavy atom. The number of aliphatic hydroxyl groups excluding tert-OH is 1. The van der Waals surface area contributed by atoms with Crippen LogP contribution in [-0.2, 0) is 9.59 Å². The van der Waals surface area contributed by atoms with Crippen LogP contribution < -0.4 is 9.64 Å². The van der Waals surface area contributed by atoms with Gasteiger partial charge in [-0.15, -0.1) is 0 Å². The number of hydrogen-bond donors (Lipinski definition) is 1. The predicted octanol–water partition coefficient (Wildman–Crippen LogP) is 6.19. The average Bonchev–Trinajstić information content (AvgIpc) is 3.42. The van der Waals surface area contributed by atoms with Crippen LogP contribution in [0.3, 0.4) is 0 Å². The van der Waals surface area contributed by atoms with E-state index in [1.807, 2.05) is 86.6 Å². The Morgan fingerprint density at radius 1 is 1.11 bits per heavy atom. The third-order valence-electron chi connectivity index (χ3n) is 5.96. The number of nitrogens with zero attached hydrogens (tertiary/aromatic N) is 2. The molecule has 5 rings (SSSR count). The van der Waals surface area contributed by atoms with E-state index in [0.29, 0.717) is 28.6 Å². The summed E-state index contributed by atoms with van der Waals surface area (Å²) >= 11 is 1.31. The molecule has 0 aliphatic carbocycles. The minimum Gasteiger partial charge on any atom is -0.503 e. The van der Waals surface area contributed by atoms with E-state index in [9.17, 15) is 14.7 Å². The summed E-state index contributed by atoms with van der Waals surface area (Å²) in [5.41, 5.74) is 3.34. The Kier molecular flexibility index (Phi) is 6.40. The van der Waals surface area contributed by atoms with Gasteiger partial charge in [0.15, 0.2) is 16.7 Å². The maximum Gasteiger partial charge on any atom is 0.296 e. The Hall–Kier alpha value is -4.23. The van der Waals surface area contributed by atoms with E-state index in [4.69, 9.17) is 4.74 Å². The molecule has 0 fully saturated rings. The van der Waals surface area contributed by atoms with Gasteiger partial charge < -0.3 is 9.84 Å². The van der Waals surface area contributed by atoms with Crippen molar-refractivity contribution in [3.63, 3.8) is 0 Å². The number of rotatable bonds is 7. The summed E-state index contributed by atoms with van der Waals surface area (Å²) in [7, 11) is 0. The molecule has 0 saturated heterocycles. The monoisotopic (exact) mass is 496 g/mol. The summed E-state index contributed by atoms with van der Waals surface area (Å²) in [5, 5.41) is 11.3. The summed E-state index contributed by atoms with van der Waals surface area (Å²) in [6.07, 6.45) is 3.07. The van der Waals surface area contributed by atoms with Crippen LogP contribution in [0, 0.1) is 6.92 Å². The van der Waals surface area contributed by atoms with Gasteiger partial charge in [0.05, 0.1) is 28.4 Å². The lowest BCUT2D eigenvalue weighted by Crippen LogP contribution is -2.30. The van der Waals surface area contributed by atoms with E-state index in [2.05, 4.69) is 4.98 Å². The first kappa shape index (κ1) is 23.5. The van der Waals surface area contributed by atoms with Crippen molar-refractivity contribution in [2.75, 3.05) is 11.5 Å². The fourth-order valence-corrected chi connectivity index (χ4v) is 5.22. The molecule has 2 heterocycles. The summed E-state index contributed by atoms with van der Waals surface area (Å²) in [6, 6.07) is 21.7. The van der Waals surface area contributed by atoms with Crippen LogP contribution in [0.1, 0.15) is 29.7 Å². The molecule has 0 saturated carbocycles. The zero-order valence-corrected chi connectivity index (χ0v) is 20.7. The fourth-order valence-electron chi connectivity index (χ4n) is 4.20. The van der Waals surface area contributed by atoms with Gasteiger partial charge >= 0.3 is 0 Å². The molecule has 0 radical (unpaired) electrons. The van der Waals surface area contributed by atoms with Gasteiger partial charge in [0, 0.05) is 0 Å². The van der Waals surface area contributed by atoms with Gasteiger partial charge in [-0.25, -0.2) is 4.98 Å². The first-order chi connectivity index (χ1) is 17.5. The lowest BCUT2D eigenvalue weighted by Gasteiger charge is -2.24. The van der Waals surface area contributed by atoms with Crippen molar-refractivity contribution >= 4 is 44.5 Å². The number of fused-ring (bicyclic) bond motifs is 1. The second-order valence-electron chi connectivity index (χ2n) is 8.42. The minimum absolute atomic E-state index is 0.0327. The van der Waals surface area contributed by atoms with Gasteiger partial charge in [0.1, 0.15) is 5.75 Å². The topological polar surface area (TPSA) is 79.7 Å². The van der Waals surface area contributed by atoms with Crippen molar-refractivity contribution < 1.29 is 19.4 Å². The molecule has 1 N–H and O–H groups in total. The van der Waals surface area contributed by atoms with Crippen LogP contribution in [0.15, 0.2) is 90.2 Å². The largest absolute Gasteiger partial charge is 0.503 e. The second kappa shape index (κ2) is 9.79. The van der Waals surface area contributed by atoms with Gasteiger partial charge in [-0.05, 0) is 49.2 Å². The molecule has 1 atom stereocenters. The van der Waals surface area contributed by atoms with Crippen molar-refractivity contribution in [2.45, 2.75) is 19.9 Å². The maximum atomic E-state index is 13.4. The zero-order valence-electron chi connectivity index (χ0n) is 19.8. The van der Waals surface area contributed by atoms with E-state index in [0.717, 1.165) is 15.8 Å². The van der Waals surface area contributed by atoms with Gasteiger partial charge in [0.25, 0.3) is 5.91 Å². The Morgan fingerprint density at radius 3 is 2.58 bits per heavy atom. The zero-order chi connectivity index (χ0) is 25.2. The summed E-state index contributed by atoms with van der Waals surface area (Å²) in [4.78, 5) is 32.8. The lowest BCUT2D eigenvalue weighted by molar-refractivity contribution is -0.117. The smallest absolute Gasteiger partial charge is 0.296 e. The van der Waals surface area contributed by atoms with Crippen molar-refractivity contribution in [1.29, 1.82) is 0 Å². The number of allylic oxidation sites excluding steroid dienone is 1. The highest BCUT2D eigenvalue weighted by atomic mass is 32.1. The molecular formula is C29H24N2O4S. The first-order valence-corrected chi connectivity index (χ1v) is 12.4. The SMILES string of the molecule is CCOc1ccc2nc(N3C(=O)C(O)=C(C(=O)/C=C/c4ccccc4)C3c3ccc(C)cc3)sc2c1. The Labute approximate surface area is 212 Å². The summed E-state index contributed by atoms with van der Waals surface area (Å²) < 4.78 is 6.44. The Balaban J connectivity index is 1.58. The van der Waals surface area contributed by atoms with Crippen molar-refractivity contribution in [2.24, 2.45) is 0 Å². The molecule has 1 amide bonds. The fraction of sp³-hybridized carbons (Fsp3) is 0.138. The van der Waals surface area contributed by atoms with Gasteiger partial charge in [-0.3, -0.25) is 14.5 Å². The molecule has 180 valence electrons. The number of ketones is 1. The van der Waals surface area contributed by atoms with E-state index < -0.39 is 23.5 Å². The van der Waals surface area contributed by atoms with Crippen LogP contribution in [0.5, 0.6) is 5.75 Å². The number of carbonyl (C=O) groups excluding carboxylic acids is 2. The first-order valence-electron chi connectivity index (χ1n) is 11.6. The molecule has 6 nitrogen and oxygen atoms in total. The number of aryl methyl sites for hydroxylation is 1. The molecule has 1 aliphatic rings. The number of amides is 1. The highest BCUT2D eigenvalue weighted by Crippen LogP contribution is 2.44. The highest BCUT2D eigenvalue weighted by molar-refractivity contribution is 7.22. The second-order valence-corrected chi connectivity index (χ2v) is 9.43. The van der Waals surface area contributed by atoms with Crippen molar-refractivity contribution in [3.05, 3.63) is 107 Å². The van der Waals surface area contributed by atoms with Gasteiger partial charge in [-0.1, -0.05) is 77.6 Å². The molecule has 3 aromatic carbocycles. The van der Waals surface area contributed by atoms with Crippen LogP contribution in [0.4, 0.5) is 5.13 Å². The van der Waals surface area contributed by atoms with E-state index >= 15 is 0 Å². The normalized spacial score (nSPS) is 15.9. The minimum atomic E-state index is -0.807. The Bertz CT molecular complexity index is 1500. The number of hydrogen-bond acceptors (Lipinski definition) is 6. The number of aromatic nitrogens is 1. The van der Waals surface area contributed by atoms with E-state index in [1.165, 1.54) is 22.3 Å². The van der Waals surface area contributed by atoms with E-state index in [1.54, 1.807) is 6.08 Å². The van der Waals surface area contributed by atoms with Crippen molar-refractivity contribution in [3.8, 4) is 5.75 Å². The standard InChI is InChI=1S/C29H24N2O4S/c1-3-35-21-14-15-22-24(17-21)36-29(30-22)31-26(20-12-9-18(2)10-13-20)25(27(33)28(31)34)23(32)16-11-19-7-5-4-6-8-19/h4-17,26,33H,3H2,1-2H3/b16-11+. The third kappa shape index (κ3) is 4.41. The number of benzene rings is 3. The van der Waals surface area contributed by atoms with Gasteiger partial charge in [0.2, 0.25) is 0 Å². The molecule has 1 aromatic heterocycles. The molecule has 36 heavy (non-hydrogen) atoms. The summed E-state index contributed by atoms with van der Waals surface area (Å²) in [6.45, 7) is 4.42. The molecule has 7 heteroatoms. The molecule has 0 spiro atoms. The molecule has 0 bridgehead atoms. The van der Waals surface area contributed by atoms with Crippen molar-refractivity contribution in [1.82, 2.24) is 4.98 Å². The molecule has 4 aromatic rings. The van der Waals surface area contributed by atoms with E-state index in [-0.39, 0.29) is 5.57 Å². The molecular weight excluding hydrogens is 472 g/mol. The number of aliphatic hydroxyl groups is 1. The lowest BCUT2D eigenvalue weighted by atomic mass is 9.95. The number of ether oxygens (including phenoxy) is 1. The molecule has 1 unspecified atom stereocenters. The number of thiazole rings is 1. The number of anilines is 1. The molecule has 1 aliphatic heterocycles. The predicted molar refractivity (Wildman–Crippen MR) is 142 cm³/mol. The third-order valence-corrected chi connectivity index (χ3v) is 6.98. The highest BCUT2D eigenvalue weighted by Gasteiger charge is 2.45. The average molecular weight is 497 g/mol. The van der Waals surface area contributed by atoms with Crippen LogP contribution >= 0.6 is 11.3 Å². The van der Waals surface area contributed by atoms with Gasteiger partial charge in [-0.2, -0.15) is 0 Å². The van der Waals surface area contributed by atoms with Crippen LogP contribution in [-0.4, -0.2) is 28.4 Å². The number of carbonyl (C=O) groups is 2. The summed E-state index contributed by atoms with van der Waals surface area (Å²) in [5.74, 6) is -0.929.